The van der Waals surface area contributed by atoms with Gasteiger partial charge in [-0.25, -0.2) is 27.3 Å². The predicted octanol–water partition coefficient (Wildman–Crippen LogP) is 5.67. The molecule has 3 rings (SSSR count). The number of carbonyl (C=O) groups is 1. The number of aromatic nitrogens is 2. The van der Waals surface area contributed by atoms with E-state index in [1.54, 1.807) is 31.3 Å². The number of hydrogen-bond acceptors (Lipinski definition) is 5. The van der Waals surface area contributed by atoms with Crippen molar-refractivity contribution in [3.63, 3.8) is 0 Å². The quantitative estimate of drug-likeness (QED) is 0.418. The summed E-state index contributed by atoms with van der Waals surface area (Å²) < 4.78 is 49.7. The smallest absolute Gasteiger partial charge is 0.421 e. The van der Waals surface area contributed by atoms with Crippen molar-refractivity contribution < 1.29 is 22.3 Å². The second-order valence-electron chi connectivity index (χ2n) is 10.2. The number of amides is 1. The van der Waals surface area contributed by atoms with E-state index in [2.05, 4.69) is 39.6 Å². The molecule has 2 aromatic carbocycles. The summed E-state index contributed by atoms with van der Waals surface area (Å²) in [6.07, 6.45) is 3.21. The summed E-state index contributed by atoms with van der Waals surface area (Å²) in [6.45, 7) is 12.3. The van der Waals surface area contributed by atoms with Gasteiger partial charge in [0.15, 0.2) is 0 Å². The van der Waals surface area contributed by atoms with Crippen molar-refractivity contribution >= 4 is 16.1 Å². The molecule has 0 aliphatic carbocycles. The fraction of sp³-hybridized carbons (Fsp3) is 0.407. The summed E-state index contributed by atoms with van der Waals surface area (Å²) in [4.78, 5) is 16.4. The average Bonchev–Trinajstić information content (AvgIpc) is 3.23. The molecule has 0 radical (unpaired) electrons. The number of benzene rings is 2. The van der Waals surface area contributed by atoms with E-state index >= 15 is 0 Å². The Labute approximate surface area is 212 Å². The summed E-state index contributed by atoms with van der Waals surface area (Å²) >= 11 is 0. The summed E-state index contributed by atoms with van der Waals surface area (Å²) in [5.41, 5.74) is 2.20. The second kappa shape index (κ2) is 10.8. The van der Waals surface area contributed by atoms with Crippen LogP contribution in [0.2, 0.25) is 0 Å². The minimum atomic E-state index is -4.33. The van der Waals surface area contributed by atoms with Gasteiger partial charge in [-0.15, -0.1) is 0 Å². The lowest BCUT2D eigenvalue weighted by Gasteiger charge is -2.22. The minimum Gasteiger partial charge on any atom is -0.449 e. The number of hydrogen-bond donors (Lipinski definition) is 1. The van der Waals surface area contributed by atoms with Gasteiger partial charge < -0.3 is 9.30 Å². The average molecular weight is 516 g/mol. The van der Waals surface area contributed by atoms with Gasteiger partial charge in [0.1, 0.15) is 11.6 Å². The number of nitrogens with one attached hydrogen (secondary N) is 1. The summed E-state index contributed by atoms with van der Waals surface area (Å²) in [6, 6.07) is 9.12. The number of carbonyl (C=O) groups excluding carboxylic acids is 1. The molecule has 3 aromatic rings. The van der Waals surface area contributed by atoms with Gasteiger partial charge in [-0.3, -0.25) is 0 Å². The monoisotopic (exact) mass is 515 g/mol. The molecular weight excluding hydrogens is 481 g/mol. The zero-order valence-electron chi connectivity index (χ0n) is 21.6. The molecule has 36 heavy (non-hydrogen) atoms. The fourth-order valence-corrected chi connectivity index (χ4v) is 5.29. The van der Waals surface area contributed by atoms with Crippen molar-refractivity contribution in [3.05, 3.63) is 71.6 Å². The molecule has 1 heterocycles. The van der Waals surface area contributed by atoms with E-state index in [-0.39, 0.29) is 22.8 Å². The zero-order chi connectivity index (χ0) is 26.7. The molecular formula is C27H34FN3O4S. The third-order valence-electron chi connectivity index (χ3n) is 5.58. The van der Waals surface area contributed by atoms with Gasteiger partial charge in [-0.05, 0) is 60.2 Å². The molecule has 9 heteroatoms. The van der Waals surface area contributed by atoms with Crippen LogP contribution in [0.25, 0.3) is 11.1 Å². The standard InChI is InChI=1S/C27H34FN3O4S/c1-7-35-26(32)30-36(33,34)24-16-21(17-31-12-11-29-25(31)27(4,5)6)20(13-18(2)3)15-23(24)19-9-8-10-22(28)14-19/h8-12,14-16,18H,7,13,17H2,1-6H3,(H,30,32). The highest BCUT2D eigenvalue weighted by atomic mass is 32.2. The van der Waals surface area contributed by atoms with Gasteiger partial charge in [-0.1, -0.05) is 46.8 Å². The first-order valence-corrected chi connectivity index (χ1v) is 13.4. The largest absolute Gasteiger partial charge is 0.449 e. The van der Waals surface area contributed by atoms with Gasteiger partial charge in [0.2, 0.25) is 0 Å². The Kier molecular flexibility index (Phi) is 8.23. The van der Waals surface area contributed by atoms with Crippen molar-refractivity contribution in [1.29, 1.82) is 0 Å². The Morgan fingerprint density at radius 3 is 2.50 bits per heavy atom. The van der Waals surface area contributed by atoms with Crippen molar-refractivity contribution in [1.82, 2.24) is 14.3 Å². The molecule has 1 N–H and O–H groups in total. The highest BCUT2D eigenvalue weighted by molar-refractivity contribution is 7.90. The fourth-order valence-electron chi connectivity index (χ4n) is 4.14. The number of imidazole rings is 1. The first-order valence-electron chi connectivity index (χ1n) is 11.9. The molecule has 1 aromatic heterocycles. The normalized spacial score (nSPS) is 12.1. The van der Waals surface area contributed by atoms with Crippen LogP contribution < -0.4 is 4.72 Å². The maximum absolute atomic E-state index is 14.1. The third-order valence-corrected chi connectivity index (χ3v) is 6.93. The van der Waals surface area contributed by atoms with Gasteiger partial charge in [0.05, 0.1) is 11.5 Å². The summed E-state index contributed by atoms with van der Waals surface area (Å²) in [7, 11) is -4.33. The second-order valence-corrected chi connectivity index (χ2v) is 11.8. The van der Waals surface area contributed by atoms with Crippen molar-refractivity contribution in [2.75, 3.05) is 6.61 Å². The molecule has 0 atom stereocenters. The van der Waals surface area contributed by atoms with E-state index < -0.39 is 21.9 Å². The Balaban J connectivity index is 2.25. The zero-order valence-corrected chi connectivity index (χ0v) is 22.4. The first kappa shape index (κ1) is 27.4. The maximum Gasteiger partial charge on any atom is 0.421 e. The van der Waals surface area contributed by atoms with Crippen LogP contribution in [-0.4, -0.2) is 30.7 Å². The highest BCUT2D eigenvalue weighted by Crippen LogP contribution is 2.33. The summed E-state index contributed by atoms with van der Waals surface area (Å²) in [5, 5.41) is 0. The van der Waals surface area contributed by atoms with Crippen LogP contribution in [0.1, 0.15) is 58.5 Å². The maximum atomic E-state index is 14.1. The summed E-state index contributed by atoms with van der Waals surface area (Å²) in [5.74, 6) is 0.660. The minimum absolute atomic E-state index is 0.0207. The number of rotatable bonds is 8. The van der Waals surface area contributed by atoms with Crippen LogP contribution in [0.15, 0.2) is 53.7 Å². The first-order chi connectivity index (χ1) is 16.8. The number of sulfonamides is 1. The molecule has 0 saturated heterocycles. The lowest BCUT2D eigenvalue weighted by atomic mass is 9.92. The molecule has 0 aliphatic rings. The molecule has 194 valence electrons. The highest BCUT2D eigenvalue weighted by Gasteiger charge is 2.26. The van der Waals surface area contributed by atoms with Crippen LogP contribution in [0.4, 0.5) is 9.18 Å². The van der Waals surface area contributed by atoms with Crippen molar-refractivity contribution in [3.8, 4) is 11.1 Å². The topological polar surface area (TPSA) is 90.3 Å². The van der Waals surface area contributed by atoms with Crippen LogP contribution in [0.3, 0.4) is 0 Å². The van der Waals surface area contributed by atoms with Crippen molar-refractivity contribution in [2.45, 2.75) is 64.8 Å². The Morgan fingerprint density at radius 2 is 1.89 bits per heavy atom. The Bertz CT molecular complexity index is 1340. The van der Waals surface area contributed by atoms with Crippen molar-refractivity contribution in [2.24, 2.45) is 5.92 Å². The van der Waals surface area contributed by atoms with E-state index in [1.807, 2.05) is 15.5 Å². The van der Waals surface area contributed by atoms with E-state index in [1.165, 1.54) is 18.2 Å². The number of ether oxygens (including phenoxy) is 1. The molecule has 0 fully saturated rings. The van der Waals surface area contributed by atoms with E-state index in [4.69, 9.17) is 4.74 Å². The molecule has 1 amide bonds. The van der Waals surface area contributed by atoms with Crippen LogP contribution in [0, 0.1) is 11.7 Å². The predicted molar refractivity (Wildman–Crippen MR) is 138 cm³/mol. The van der Waals surface area contributed by atoms with Crippen LogP contribution >= 0.6 is 0 Å². The van der Waals surface area contributed by atoms with E-state index in [9.17, 15) is 17.6 Å². The molecule has 0 bridgehead atoms. The Morgan fingerprint density at radius 1 is 1.17 bits per heavy atom. The molecule has 7 nitrogen and oxygen atoms in total. The lowest BCUT2D eigenvalue weighted by Crippen LogP contribution is -2.31. The van der Waals surface area contributed by atoms with Crippen LogP contribution in [0.5, 0.6) is 0 Å². The molecule has 0 spiro atoms. The molecule has 0 unspecified atom stereocenters. The SMILES string of the molecule is CCOC(=O)NS(=O)(=O)c1cc(Cn2ccnc2C(C)(C)C)c(CC(C)C)cc1-c1cccc(F)c1. The lowest BCUT2D eigenvalue weighted by molar-refractivity contribution is 0.158. The third kappa shape index (κ3) is 6.51. The van der Waals surface area contributed by atoms with E-state index in [0.717, 1.165) is 17.0 Å². The van der Waals surface area contributed by atoms with Crippen LogP contribution in [-0.2, 0) is 33.1 Å². The molecule has 0 saturated carbocycles. The number of nitrogens with zero attached hydrogens (tertiary/aromatic N) is 2. The van der Waals surface area contributed by atoms with Gasteiger partial charge in [0, 0.05) is 29.9 Å². The van der Waals surface area contributed by atoms with Gasteiger partial charge >= 0.3 is 6.09 Å². The Hall–Kier alpha value is -3.20. The van der Waals surface area contributed by atoms with E-state index in [0.29, 0.717) is 24.1 Å². The molecule has 0 aliphatic heterocycles. The number of halogens is 1. The van der Waals surface area contributed by atoms with Gasteiger partial charge in [0.25, 0.3) is 10.0 Å². The van der Waals surface area contributed by atoms with Gasteiger partial charge in [-0.2, -0.15) is 0 Å².